The average Bonchev–Trinajstić information content (AvgIpc) is 3.58. The molecule has 1 fully saturated rings. The molecule has 29 heavy (non-hydrogen) atoms. The smallest absolute Gasteiger partial charge is 0.270 e. The Morgan fingerprint density at radius 3 is 2.41 bits per heavy atom. The zero-order valence-corrected chi connectivity index (χ0v) is 16.3. The molecule has 0 spiro atoms. The third-order valence-corrected chi connectivity index (χ3v) is 4.56. The highest BCUT2D eigenvalue weighted by molar-refractivity contribution is 5.94. The summed E-state index contributed by atoms with van der Waals surface area (Å²) in [4.78, 5) is 21.7. The molecule has 1 aliphatic rings. The number of methoxy groups -OCH3 is 2. The number of anilines is 2. The number of carbonyl (C=O) groups excluding carboxylic acids is 1. The van der Waals surface area contributed by atoms with E-state index in [9.17, 15) is 4.79 Å². The molecule has 7 heteroatoms. The first-order valence-electron chi connectivity index (χ1n) is 9.40. The van der Waals surface area contributed by atoms with E-state index in [2.05, 4.69) is 20.6 Å². The quantitative estimate of drug-likeness (QED) is 0.638. The van der Waals surface area contributed by atoms with Crippen LogP contribution in [0.5, 0.6) is 11.5 Å². The summed E-state index contributed by atoms with van der Waals surface area (Å²) in [7, 11) is 3.17. The van der Waals surface area contributed by atoms with E-state index in [1.54, 1.807) is 26.4 Å². The van der Waals surface area contributed by atoms with Crippen LogP contribution in [0.3, 0.4) is 0 Å². The van der Waals surface area contributed by atoms with Crippen LogP contribution in [0, 0.1) is 0 Å². The lowest BCUT2D eigenvalue weighted by molar-refractivity contribution is 0.0946. The van der Waals surface area contributed by atoms with E-state index in [-0.39, 0.29) is 11.9 Å². The predicted molar refractivity (Wildman–Crippen MR) is 111 cm³/mol. The monoisotopic (exact) mass is 390 g/mol. The van der Waals surface area contributed by atoms with Gasteiger partial charge in [0.15, 0.2) is 17.3 Å². The Hall–Kier alpha value is -3.61. The summed E-state index contributed by atoms with van der Waals surface area (Å²) in [5.41, 5.74) is 1.92. The van der Waals surface area contributed by atoms with Gasteiger partial charge in [-0.1, -0.05) is 30.3 Å². The SMILES string of the molecule is COc1ccc(Nc2cc(C(=O)NC3CC3)nc(-c3ccccc3)n2)cc1OC. The highest BCUT2D eigenvalue weighted by atomic mass is 16.5. The van der Waals surface area contributed by atoms with Crippen LogP contribution >= 0.6 is 0 Å². The molecule has 3 aromatic rings. The molecule has 1 amide bonds. The van der Waals surface area contributed by atoms with Crippen LogP contribution in [0.15, 0.2) is 54.6 Å². The molecule has 0 radical (unpaired) electrons. The number of hydrogen-bond acceptors (Lipinski definition) is 6. The third-order valence-electron chi connectivity index (χ3n) is 4.56. The molecule has 0 aliphatic heterocycles. The molecule has 7 nitrogen and oxygen atoms in total. The van der Waals surface area contributed by atoms with Gasteiger partial charge in [0.1, 0.15) is 11.5 Å². The molecule has 0 saturated heterocycles. The Morgan fingerprint density at radius 1 is 0.966 bits per heavy atom. The maximum absolute atomic E-state index is 12.6. The summed E-state index contributed by atoms with van der Waals surface area (Å²) in [5.74, 6) is 2.04. The van der Waals surface area contributed by atoms with Crippen LogP contribution in [0.4, 0.5) is 11.5 Å². The first-order chi connectivity index (χ1) is 14.2. The molecular formula is C22H22N4O3. The molecule has 0 bridgehead atoms. The second-order valence-corrected chi connectivity index (χ2v) is 6.77. The first-order valence-corrected chi connectivity index (χ1v) is 9.40. The zero-order valence-electron chi connectivity index (χ0n) is 16.3. The van der Waals surface area contributed by atoms with Crippen LogP contribution in [0.2, 0.25) is 0 Å². The van der Waals surface area contributed by atoms with Gasteiger partial charge in [0, 0.05) is 29.4 Å². The van der Waals surface area contributed by atoms with Crippen molar-refractivity contribution in [3.05, 3.63) is 60.3 Å². The van der Waals surface area contributed by atoms with Gasteiger partial charge in [-0.3, -0.25) is 4.79 Å². The van der Waals surface area contributed by atoms with Crippen molar-refractivity contribution in [3.63, 3.8) is 0 Å². The number of benzene rings is 2. The maximum atomic E-state index is 12.6. The van der Waals surface area contributed by atoms with E-state index < -0.39 is 0 Å². The van der Waals surface area contributed by atoms with Crippen molar-refractivity contribution in [3.8, 4) is 22.9 Å². The second-order valence-electron chi connectivity index (χ2n) is 6.77. The van der Waals surface area contributed by atoms with Crippen LogP contribution in [0.25, 0.3) is 11.4 Å². The summed E-state index contributed by atoms with van der Waals surface area (Å²) in [6.07, 6.45) is 2.03. The number of carbonyl (C=O) groups is 1. The topological polar surface area (TPSA) is 85.4 Å². The number of hydrogen-bond donors (Lipinski definition) is 2. The van der Waals surface area contributed by atoms with Crippen molar-refractivity contribution in [2.45, 2.75) is 18.9 Å². The van der Waals surface area contributed by atoms with Gasteiger partial charge in [-0.15, -0.1) is 0 Å². The van der Waals surface area contributed by atoms with E-state index in [0.717, 1.165) is 24.1 Å². The first kappa shape index (κ1) is 18.7. The molecule has 148 valence electrons. The average molecular weight is 390 g/mol. The fourth-order valence-corrected chi connectivity index (χ4v) is 2.89. The molecule has 1 heterocycles. The normalized spacial score (nSPS) is 12.9. The Labute approximate surface area is 169 Å². The molecule has 2 N–H and O–H groups in total. The summed E-state index contributed by atoms with van der Waals surface area (Å²) in [5, 5.41) is 6.22. The van der Waals surface area contributed by atoms with Crippen LogP contribution in [-0.4, -0.2) is 36.1 Å². The van der Waals surface area contributed by atoms with E-state index >= 15 is 0 Å². The van der Waals surface area contributed by atoms with E-state index in [1.807, 2.05) is 42.5 Å². The molecule has 2 aromatic carbocycles. The van der Waals surface area contributed by atoms with Crippen LogP contribution in [0.1, 0.15) is 23.3 Å². The highest BCUT2D eigenvalue weighted by Crippen LogP contribution is 2.31. The van der Waals surface area contributed by atoms with Crippen molar-refractivity contribution in [2.75, 3.05) is 19.5 Å². The lowest BCUT2D eigenvalue weighted by Crippen LogP contribution is -2.26. The summed E-state index contributed by atoms with van der Waals surface area (Å²) >= 11 is 0. The Bertz CT molecular complexity index is 1020. The van der Waals surface area contributed by atoms with Gasteiger partial charge < -0.3 is 20.1 Å². The van der Waals surface area contributed by atoms with Gasteiger partial charge in [-0.25, -0.2) is 9.97 Å². The number of aromatic nitrogens is 2. The standard InChI is InChI=1S/C22H22N4O3/c1-28-18-11-10-16(12-19(18)29-2)23-20-13-17(22(27)24-15-8-9-15)25-21(26-20)14-6-4-3-5-7-14/h3-7,10-13,15H,8-9H2,1-2H3,(H,24,27)(H,23,25,26). The molecule has 0 unspecified atom stereocenters. The second kappa shape index (κ2) is 8.18. The van der Waals surface area contributed by atoms with Crippen molar-refractivity contribution in [1.29, 1.82) is 0 Å². The third kappa shape index (κ3) is 4.45. The van der Waals surface area contributed by atoms with Crippen molar-refractivity contribution >= 4 is 17.4 Å². The van der Waals surface area contributed by atoms with Crippen molar-refractivity contribution < 1.29 is 14.3 Å². The molecule has 0 atom stereocenters. The summed E-state index contributed by atoms with van der Waals surface area (Å²) in [6.45, 7) is 0. The van der Waals surface area contributed by atoms with Gasteiger partial charge >= 0.3 is 0 Å². The Kier molecular flexibility index (Phi) is 5.29. The van der Waals surface area contributed by atoms with Gasteiger partial charge in [0.25, 0.3) is 5.91 Å². The lowest BCUT2D eigenvalue weighted by atomic mass is 10.2. The van der Waals surface area contributed by atoms with Crippen LogP contribution in [-0.2, 0) is 0 Å². The number of ether oxygens (including phenoxy) is 2. The van der Waals surface area contributed by atoms with E-state index in [4.69, 9.17) is 9.47 Å². The zero-order chi connectivity index (χ0) is 20.2. The molecule has 1 saturated carbocycles. The van der Waals surface area contributed by atoms with Gasteiger partial charge in [0.2, 0.25) is 0 Å². The minimum Gasteiger partial charge on any atom is -0.493 e. The molecular weight excluding hydrogens is 368 g/mol. The van der Waals surface area contributed by atoms with Gasteiger partial charge in [0.05, 0.1) is 14.2 Å². The summed E-state index contributed by atoms with van der Waals surface area (Å²) < 4.78 is 10.6. The van der Waals surface area contributed by atoms with E-state index in [0.29, 0.717) is 28.8 Å². The highest BCUT2D eigenvalue weighted by Gasteiger charge is 2.25. The molecule has 1 aliphatic carbocycles. The largest absolute Gasteiger partial charge is 0.493 e. The Balaban J connectivity index is 1.68. The van der Waals surface area contributed by atoms with E-state index in [1.165, 1.54) is 0 Å². The maximum Gasteiger partial charge on any atom is 0.270 e. The predicted octanol–water partition coefficient (Wildman–Crippen LogP) is 3.80. The lowest BCUT2D eigenvalue weighted by Gasteiger charge is -2.13. The number of rotatable bonds is 7. The number of amides is 1. The summed E-state index contributed by atoms with van der Waals surface area (Å²) in [6, 6.07) is 17.0. The Morgan fingerprint density at radius 2 is 1.72 bits per heavy atom. The molecule has 4 rings (SSSR count). The van der Waals surface area contributed by atoms with Crippen LogP contribution < -0.4 is 20.1 Å². The van der Waals surface area contributed by atoms with Crippen molar-refractivity contribution in [2.24, 2.45) is 0 Å². The van der Waals surface area contributed by atoms with Gasteiger partial charge in [-0.05, 0) is 25.0 Å². The molecule has 1 aromatic heterocycles. The van der Waals surface area contributed by atoms with Gasteiger partial charge in [-0.2, -0.15) is 0 Å². The minimum atomic E-state index is -0.192. The fraction of sp³-hybridized carbons (Fsp3) is 0.227. The minimum absolute atomic E-state index is 0.192. The van der Waals surface area contributed by atoms with Crippen molar-refractivity contribution in [1.82, 2.24) is 15.3 Å². The fourth-order valence-electron chi connectivity index (χ4n) is 2.89. The number of nitrogens with zero attached hydrogens (tertiary/aromatic N) is 2. The number of nitrogens with one attached hydrogen (secondary N) is 2.